The van der Waals surface area contributed by atoms with Crippen LogP contribution in [0.5, 0.6) is 0 Å². The second kappa shape index (κ2) is 5.97. The van der Waals surface area contributed by atoms with Crippen LogP contribution < -0.4 is 0 Å². The van der Waals surface area contributed by atoms with Gasteiger partial charge in [0.05, 0.1) is 17.2 Å². The number of nitrogens with zero attached hydrogens (tertiary/aromatic N) is 3. The molecule has 3 aromatic carbocycles. The van der Waals surface area contributed by atoms with Gasteiger partial charge in [-0.3, -0.25) is 4.40 Å². The molecule has 0 N–H and O–H groups in total. The summed E-state index contributed by atoms with van der Waals surface area (Å²) in [6.07, 6.45) is 1.92. The number of rotatable bonds is 2. The molecule has 2 heterocycles. The first-order chi connectivity index (χ1) is 12.8. The quantitative estimate of drug-likeness (QED) is 0.396. The number of benzene rings is 3. The first-order valence-corrected chi connectivity index (χ1v) is 8.76. The Hall–Kier alpha value is -3.17. The number of halogens is 1. The van der Waals surface area contributed by atoms with Crippen molar-refractivity contribution in [3.05, 3.63) is 90.1 Å². The molecule has 0 aliphatic heterocycles. The fraction of sp³-hybridized carbons (Fsp3) is 0. The number of para-hydroxylation sites is 1. The Kier molecular flexibility index (Phi) is 3.47. The molecule has 5 aromatic rings. The van der Waals surface area contributed by atoms with Gasteiger partial charge in [-0.2, -0.15) is 0 Å². The highest BCUT2D eigenvalue weighted by Gasteiger charge is 2.15. The van der Waals surface area contributed by atoms with Gasteiger partial charge in [0.1, 0.15) is 11.6 Å². The van der Waals surface area contributed by atoms with Crippen molar-refractivity contribution in [1.82, 2.24) is 14.4 Å². The van der Waals surface area contributed by atoms with Crippen LogP contribution in [0.2, 0.25) is 5.02 Å². The van der Waals surface area contributed by atoms with E-state index in [-0.39, 0.29) is 0 Å². The molecule has 26 heavy (non-hydrogen) atoms. The van der Waals surface area contributed by atoms with E-state index in [9.17, 15) is 0 Å². The average molecular weight is 356 g/mol. The van der Waals surface area contributed by atoms with E-state index in [1.807, 2.05) is 66.9 Å². The Labute approximate surface area is 155 Å². The van der Waals surface area contributed by atoms with Crippen LogP contribution in [0.3, 0.4) is 0 Å². The molecule has 0 radical (unpaired) electrons. The molecular formula is C22H14ClN3. The Morgan fingerprint density at radius 2 is 1.38 bits per heavy atom. The molecule has 0 saturated heterocycles. The van der Waals surface area contributed by atoms with Gasteiger partial charge < -0.3 is 0 Å². The standard InChI is InChI=1S/C22H14ClN3/c23-17-12-10-16(11-13-17)21-24-14-20-18-8-4-5-9-19(18)25-22(26(20)21)15-6-2-1-3-7-15/h1-14H. The summed E-state index contributed by atoms with van der Waals surface area (Å²) in [6, 6.07) is 26.1. The molecule has 3 nitrogen and oxygen atoms in total. The fourth-order valence-electron chi connectivity index (χ4n) is 3.29. The van der Waals surface area contributed by atoms with E-state index in [1.54, 1.807) is 0 Å². The third kappa shape index (κ3) is 2.37. The van der Waals surface area contributed by atoms with E-state index in [0.29, 0.717) is 5.02 Å². The van der Waals surface area contributed by atoms with E-state index in [2.05, 4.69) is 22.6 Å². The molecule has 0 atom stereocenters. The van der Waals surface area contributed by atoms with Crippen LogP contribution in [0.1, 0.15) is 0 Å². The molecule has 0 unspecified atom stereocenters. The van der Waals surface area contributed by atoms with Crippen LogP contribution in [0.4, 0.5) is 0 Å². The van der Waals surface area contributed by atoms with Gasteiger partial charge in [-0.1, -0.05) is 60.1 Å². The molecule has 0 saturated carbocycles. The van der Waals surface area contributed by atoms with Crippen molar-refractivity contribution in [3.63, 3.8) is 0 Å². The molecule has 0 amide bonds. The number of imidazole rings is 1. The summed E-state index contributed by atoms with van der Waals surface area (Å²) in [5.74, 6) is 1.73. The molecule has 0 aliphatic rings. The zero-order chi connectivity index (χ0) is 17.5. The van der Waals surface area contributed by atoms with Gasteiger partial charge in [-0.25, -0.2) is 9.97 Å². The van der Waals surface area contributed by atoms with Gasteiger partial charge in [0.15, 0.2) is 0 Å². The lowest BCUT2D eigenvalue weighted by Gasteiger charge is -2.11. The SMILES string of the molecule is Clc1ccc(-c2ncc3c4ccccc4nc(-c4ccccc4)n23)cc1. The molecule has 0 aliphatic carbocycles. The average Bonchev–Trinajstić information content (AvgIpc) is 3.14. The molecule has 2 aromatic heterocycles. The predicted octanol–water partition coefficient (Wildman–Crippen LogP) is 5.87. The number of hydrogen-bond acceptors (Lipinski definition) is 2. The molecule has 4 heteroatoms. The molecule has 5 rings (SSSR count). The van der Waals surface area contributed by atoms with Gasteiger partial charge in [0.25, 0.3) is 0 Å². The largest absolute Gasteiger partial charge is 0.276 e. The van der Waals surface area contributed by atoms with E-state index >= 15 is 0 Å². The second-order valence-corrected chi connectivity index (χ2v) is 6.56. The molecule has 0 fully saturated rings. The zero-order valence-corrected chi connectivity index (χ0v) is 14.6. The minimum Gasteiger partial charge on any atom is -0.276 e. The zero-order valence-electron chi connectivity index (χ0n) is 13.8. The summed E-state index contributed by atoms with van der Waals surface area (Å²) in [5.41, 5.74) is 4.06. The van der Waals surface area contributed by atoms with Crippen molar-refractivity contribution < 1.29 is 0 Å². The maximum absolute atomic E-state index is 6.06. The summed E-state index contributed by atoms with van der Waals surface area (Å²) < 4.78 is 2.13. The summed E-state index contributed by atoms with van der Waals surface area (Å²) >= 11 is 6.06. The normalized spacial score (nSPS) is 11.3. The Morgan fingerprint density at radius 3 is 2.19 bits per heavy atom. The van der Waals surface area contributed by atoms with Crippen molar-refractivity contribution in [2.75, 3.05) is 0 Å². The summed E-state index contributed by atoms with van der Waals surface area (Å²) in [6.45, 7) is 0. The summed E-state index contributed by atoms with van der Waals surface area (Å²) in [5, 5.41) is 1.79. The minimum atomic E-state index is 0.710. The van der Waals surface area contributed by atoms with Crippen molar-refractivity contribution in [2.24, 2.45) is 0 Å². The third-order valence-electron chi connectivity index (χ3n) is 4.51. The Morgan fingerprint density at radius 1 is 0.692 bits per heavy atom. The maximum atomic E-state index is 6.06. The highest BCUT2D eigenvalue weighted by molar-refractivity contribution is 6.30. The van der Waals surface area contributed by atoms with E-state index in [1.165, 1.54) is 0 Å². The molecule has 124 valence electrons. The number of fused-ring (bicyclic) bond motifs is 3. The van der Waals surface area contributed by atoms with Crippen molar-refractivity contribution in [1.29, 1.82) is 0 Å². The van der Waals surface area contributed by atoms with E-state index in [4.69, 9.17) is 21.6 Å². The van der Waals surface area contributed by atoms with Gasteiger partial charge in [-0.15, -0.1) is 0 Å². The van der Waals surface area contributed by atoms with Crippen LogP contribution in [-0.4, -0.2) is 14.4 Å². The minimum absolute atomic E-state index is 0.710. The monoisotopic (exact) mass is 355 g/mol. The molecule has 0 spiro atoms. The van der Waals surface area contributed by atoms with E-state index in [0.717, 1.165) is 39.2 Å². The smallest absolute Gasteiger partial charge is 0.146 e. The van der Waals surface area contributed by atoms with Crippen LogP contribution in [0, 0.1) is 0 Å². The second-order valence-electron chi connectivity index (χ2n) is 6.13. The van der Waals surface area contributed by atoms with Crippen molar-refractivity contribution in [3.8, 4) is 22.8 Å². The van der Waals surface area contributed by atoms with E-state index < -0.39 is 0 Å². The lowest BCUT2D eigenvalue weighted by Crippen LogP contribution is -1.99. The number of aromatic nitrogens is 3. The van der Waals surface area contributed by atoms with Crippen LogP contribution in [0.15, 0.2) is 85.1 Å². The van der Waals surface area contributed by atoms with Crippen LogP contribution in [-0.2, 0) is 0 Å². The maximum Gasteiger partial charge on any atom is 0.146 e. The van der Waals surface area contributed by atoms with Crippen LogP contribution in [0.25, 0.3) is 39.2 Å². The molecule has 0 bridgehead atoms. The lowest BCUT2D eigenvalue weighted by atomic mass is 10.1. The van der Waals surface area contributed by atoms with Crippen molar-refractivity contribution >= 4 is 28.0 Å². The van der Waals surface area contributed by atoms with Gasteiger partial charge in [-0.05, 0) is 30.3 Å². The Bertz CT molecular complexity index is 1230. The summed E-state index contributed by atoms with van der Waals surface area (Å²) in [4.78, 5) is 9.66. The van der Waals surface area contributed by atoms with Crippen LogP contribution >= 0.6 is 11.6 Å². The Balaban J connectivity index is 1.91. The third-order valence-corrected chi connectivity index (χ3v) is 4.77. The first kappa shape index (κ1) is 15.1. The number of hydrogen-bond donors (Lipinski definition) is 0. The van der Waals surface area contributed by atoms with Gasteiger partial charge >= 0.3 is 0 Å². The fourth-order valence-corrected chi connectivity index (χ4v) is 3.42. The predicted molar refractivity (Wildman–Crippen MR) is 106 cm³/mol. The highest BCUT2D eigenvalue weighted by Crippen LogP contribution is 2.30. The summed E-state index contributed by atoms with van der Waals surface area (Å²) in [7, 11) is 0. The van der Waals surface area contributed by atoms with Gasteiger partial charge in [0.2, 0.25) is 0 Å². The lowest BCUT2D eigenvalue weighted by molar-refractivity contribution is 1.12. The highest BCUT2D eigenvalue weighted by atomic mass is 35.5. The topological polar surface area (TPSA) is 30.2 Å². The molecular weight excluding hydrogens is 342 g/mol. The van der Waals surface area contributed by atoms with Gasteiger partial charge in [0, 0.05) is 21.5 Å². The van der Waals surface area contributed by atoms with Crippen molar-refractivity contribution in [2.45, 2.75) is 0 Å². The first-order valence-electron chi connectivity index (χ1n) is 8.39.